The van der Waals surface area contributed by atoms with E-state index in [1.807, 2.05) is 68.7 Å². The van der Waals surface area contributed by atoms with E-state index in [0.717, 1.165) is 17.1 Å². The number of amides is 1. The predicted octanol–water partition coefficient (Wildman–Crippen LogP) is 2.49. The Morgan fingerprint density at radius 3 is 2.55 bits per heavy atom. The minimum atomic E-state index is -0.619. The molecule has 0 aliphatic rings. The molecule has 198 valence electrons. The van der Waals surface area contributed by atoms with Crippen molar-refractivity contribution in [2.24, 2.45) is 12.8 Å². The molecule has 4 heterocycles. The molecule has 0 fully saturated rings. The summed E-state index contributed by atoms with van der Waals surface area (Å²) in [6, 6.07) is 16.9. The molecular weight excluding hydrogens is 506 g/mol. The van der Waals surface area contributed by atoms with Gasteiger partial charge in [0.25, 0.3) is 11.5 Å². The van der Waals surface area contributed by atoms with Gasteiger partial charge in [-0.2, -0.15) is 5.10 Å². The van der Waals surface area contributed by atoms with Crippen molar-refractivity contribution in [2.45, 2.75) is 13.3 Å². The standard InChI is InChI=1S/C22H18N4O.C7H7N5O/c1-3-20-24-19-11-7-8-17(13-12-16-14-23-25(2)15-16)21(19)22(27)26(20)18-9-5-4-6-10-18;8-5-4(6(9)13)7-10-2-1-3-12(7)11-5/h4-11,14-15H,3H2,1-2H3;1-3H,(H2,8,11)(H2,9,13). The van der Waals surface area contributed by atoms with Gasteiger partial charge in [0.15, 0.2) is 11.5 Å². The van der Waals surface area contributed by atoms with Crippen LogP contribution in [0.15, 0.2) is 84.2 Å². The third kappa shape index (κ3) is 5.01. The highest BCUT2D eigenvalue weighted by Gasteiger charge is 2.16. The van der Waals surface area contributed by atoms with E-state index in [0.29, 0.717) is 28.5 Å². The third-order valence-electron chi connectivity index (χ3n) is 6.01. The Labute approximate surface area is 228 Å². The first-order chi connectivity index (χ1) is 19.4. The summed E-state index contributed by atoms with van der Waals surface area (Å²) in [5, 5.41) is 8.52. The van der Waals surface area contributed by atoms with E-state index in [1.165, 1.54) is 4.52 Å². The zero-order valence-electron chi connectivity index (χ0n) is 21.8. The van der Waals surface area contributed by atoms with E-state index in [1.54, 1.807) is 33.9 Å². The fraction of sp³-hybridized carbons (Fsp3) is 0.103. The van der Waals surface area contributed by atoms with Gasteiger partial charge < -0.3 is 11.5 Å². The topological polar surface area (TPSA) is 152 Å². The van der Waals surface area contributed by atoms with Gasteiger partial charge in [0.2, 0.25) is 0 Å². The fourth-order valence-electron chi connectivity index (χ4n) is 4.23. The first-order valence-corrected chi connectivity index (χ1v) is 12.4. The molecular formula is C29H25N9O2. The third-order valence-corrected chi connectivity index (χ3v) is 6.01. The van der Waals surface area contributed by atoms with Crippen molar-refractivity contribution in [1.29, 1.82) is 0 Å². The lowest BCUT2D eigenvalue weighted by Gasteiger charge is -2.13. The quantitative estimate of drug-likeness (QED) is 0.333. The van der Waals surface area contributed by atoms with Crippen molar-refractivity contribution >= 4 is 28.3 Å². The van der Waals surface area contributed by atoms with Gasteiger partial charge in [0, 0.05) is 37.6 Å². The fourth-order valence-corrected chi connectivity index (χ4v) is 4.23. The number of fused-ring (bicyclic) bond motifs is 2. The van der Waals surface area contributed by atoms with Crippen molar-refractivity contribution < 1.29 is 4.79 Å². The molecule has 6 rings (SSSR count). The van der Waals surface area contributed by atoms with Crippen LogP contribution in [-0.4, -0.2) is 39.8 Å². The molecule has 2 aromatic carbocycles. The summed E-state index contributed by atoms with van der Waals surface area (Å²) in [6.07, 6.45) is 7.39. The van der Waals surface area contributed by atoms with Gasteiger partial charge in [-0.25, -0.2) is 14.5 Å². The van der Waals surface area contributed by atoms with Crippen molar-refractivity contribution in [3.05, 3.63) is 112 Å². The zero-order valence-corrected chi connectivity index (χ0v) is 21.8. The molecule has 0 bridgehead atoms. The van der Waals surface area contributed by atoms with Crippen LogP contribution in [-0.2, 0) is 13.5 Å². The Bertz CT molecular complexity index is 1980. The summed E-state index contributed by atoms with van der Waals surface area (Å²) < 4.78 is 4.79. The Hall–Kier alpha value is -5.76. The van der Waals surface area contributed by atoms with Crippen molar-refractivity contribution in [3.63, 3.8) is 0 Å². The zero-order chi connectivity index (χ0) is 28.2. The second-order valence-corrected chi connectivity index (χ2v) is 8.72. The summed E-state index contributed by atoms with van der Waals surface area (Å²) >= 11 is 0. The summed E-state index contributed by atoms with van der Waals surface area (Å²) in [7, 11) is 1.85. The van der Waals surface area contributed by atoms with Gasteiger partial charge >= 0.3 is 0 Å². The molecule has 0 unspecified atom stereocenters. The number of aromatic nitrogens is 7. The van der Waals surface area contributed by atoms with Gasteiger partial charge in [-0.1, -0.05) is 43.0 Å². The predicted molar refractivity (Wildman–Crippen MR) is 152 cm³/mol. The summed E-state index contributed by atoms with van der Waals surface area (Å²) in [6.45, 7) is 2.00. The van der Waals surface area contributed by atoms with Crippen LogP contribution in [0.25, 0.3) is 22.2 Å². The molecule has 0 aliphatic carbocycles. The van der Waals surface area contributed by atoms with E-state index in [2.05, 4.69) is 27.0 Å². The molecule has 11 heteroatoms. The van der Waals surface area contributed by atoms with Crippen LogP contribution in [0, 0.1) is 11.8 Å². The Kier molecular flexibility index (Phi) is 7.07. The summed E-state index contributed by atoms with van der Waals surface area (Å²) in [5.74, 6) is 6.41. The number of benzene rings is 2. The second kappa shape index (κ2) is 10.9. The van der Waals surface area contributed by atoms with Crippen LogP contribution >= 0.6 is 0 Å². The number of carbonyl (C=O) groups excluding carboxylic acids is 1. The molecule has 0 atom stereocenters. The molecule has 0 spiro atoms. The maximum absolute atomic E-state index is 13.4. The molecule has 1 amide bonds. The maximum atomic E-state index is 13.4. The van der Waals surface area contributed by atoms with Crippen LogP contribution in [0.1, 0.15) is 34.2 Å². The lowest BCUT2D eigenvalue weighted by Crippen LogP contribution is -2.24. The SMILES string of the molecule is CCc1nc2cccc(C#Cc3cnn(C)c3)c2c(=O)n1-c1ccccc1.NC(=O)c1c(N)nn2cccnc12. The molecule has 0 saturated heterocycles. The first-order valence-electron chi connectivity index (χ1n) is 12.4. The molecule has 0 saturated carbocycles. The lowest BCUT2D eigenvalue weighted by atomic mass is 10.1. The molecule has 4 N–H and O–H groups in total. The van der Waals surface area contributed by atoms with Crippen molar-refractivity contribution in [2.75, 3.05) is 5.73 Å². The average molecular weight is 532 g/mol. The number of para-hydroxylation sites is 1. The molecule has 11 nitrogen and oxygen atoms in total. The number of hydrogen-bond acceptors (Lipinski definition) is 7. The molecule has 0 radical (unpaired) electrons. The minimum absolute atomic E-state index is 0.0980. The Balaban J connectivity index is 0.000000207. The number of hydrogen-bond donors (Lipinski definition) is 2. The number of carbonyl (C=O) groups is 1. The van der Waals surface area contributed by atoms with E-state index in [9.17, 15) is 9.59 Å². The van der Waals surface area contributed by atoms with Gasteiger partial charge in [0.1, 0.15) is 11.4 Å². The minimum Gasteiger partial charge on any atom is -0.381 e. The number of anilines is 1. The van der Waals surface area contributed by atoms with E-state index in [4.69, 9.17) is 16.5 Å². The van der Waals surface area contributed by atoms with Crippen LogP contribution in [0.5, 0.6) is 0 Å². The summed E-state index contributed by atoms with van der Waals surface area (Å²) in [5.41, 5.74) is 14.0. The van der Waals surface area contributed by atoms with Crippen LogP contribution in [0.4, 0.5) is 5.82 Å². The van der Waals surface area contributed by atoms with Crippen molar-refractivity contribution in [3.8, 4) is 17.5 Å². The number of nitrogens with two attached hydrogens (primary N) is 2. The molecule has 0 aliphatic heterocycles. The number of nitrogens with zero attached hydrogens (tertiary/aromatic N) is 7. The molecule has 40 heavy (non-hydrogen) atoms. The lowest BCUT2D eigenvalue weighted by molar-refractivity contribution is 0.100. The first kappa shape index (κ1) is 25.9. The van der Waals surface area contributed by atoms with Crippen LogP contribution in [0.2, 0.25) is 0 Å². The van der Waals surface area contributed by atoms with E-state index >= 15 is 0 Å². The smallest absolute Gasteiger partial charge is 0.267 e. The number of nitrogen functional groups attached to an aromatic ring is 1. The second-order valence-electron chi connectivity index (χ2n) is 8.72. The van der Waals surface area contributed by atoms with Crippen molar-refractivity contribution in [1.82, 2.24) is 33.9 Å². The van der Waals surface area contributed by atoms with Crippen LogP contribution < -0.4 is 17.0 Å². The van der Waals surface area contributed by atoms with Crippen LogP contribution in [0.3, 0.4) is 0 Å². The average Bonchev–Trinajstić information content (AvgIpc) is 3.53. The number of rotatable bonds is 3. The highest BCUT2D eigenvalue weighted by atomic mass is 16.1. The van der Waals surface area contributed by atoms with E-state index in [-0.39, 0.29) is 16.9 Å². The molecule has 6 aromatic rings. The number of aryl methyl sites for hydroxylation is 2. The van der Waals surface area contributed by atoms with E-state index < -0.39 is 5.91 Å². The summed E-state index contributed by atoms with van der Waals surface area (Å²) in [4.78, 5) is 33.0. The van der Waals surface area contributed by atoms with Gasteiger partial charge in [-0.15, -0.1) is 5.10 Å². The normalized spacial score (nSPS) is 10.6. The maximum Gasteiger partial charge on any atom is 0.267 e. The Morgan fingerprint density at radius 2 is 1.85 bits per heavy atom. The number of primary amides is 1. The van der Waals surface area contributed by atoms with Gasteiger partial charge in [0.05, 0.1) is 28.4 Å². The Morgan fingerprint density at radius 1 is 1.05 bits per heavy atom. The highest BCUT2D eigenvalue weighted by Crippen LogP contribution is 2.17. The van der Waals surface area contributed by atoms with Gasteiger partial charge in [-0.05, 0) is 30.3 Å². The monoisotopic (exact) mass is 531 g/mol. The highest BCUT2D eigenvalue weighted by molar-refractivity contribution is 6.03. The van der Waals surface area contributed by atoms with Gasteiger partial charge in [-0.3, -0.25) is 18.8 Å². The largest absolute Gasteiger partial charge is 0.381 e. The molecule has 4 aromatic heterocycles.